The summed E-state index contributed by atoms with van der Waals surface area (Å²) in [7, 11) is 0. The van der Waals surface area contributed by atoms with Crippen LogP contribution >= 0.6 is 11.8 Å². The number of nitrogens with zero attached hydrogens (tertiary/aromatic N) is 7. The molecule has 0 aliphatic heterocycles. The third kappa shape index (κ3) is 2.30. The Morgan fingerprint density at radius 3 is 2.94 bits per heavy atom. The third-order valence-corrected chi connectivity index (χ3v) is 2.51. The van der Waals surface area contributed by atoms with Crippen LogP contribution in [-0.2, 0) is 0 Å². The maximum absolute atomic E-state index is 8.17. The Morgan fingerprint density at radius 1 is 1.38 bits per heavy atom. The lowest BCUT2D eigenvalue weighted by atomic mass is 10.3. The van der Waals surface area contributed by atoms with Crippen LogP contribution in [0.25, 0.3) is 16.1 Å². The van der Waals surface area contributed by atoms with Gasteiger partial charge in [0, 0.05) is 4.91 Å². The van der Waals surface area contributed by atoms with E-state index < -0.39 is 0 Å². The fourth-order valence-electron chi connectivity index (χ4n) is 1.11. The van der Waals surface area contributed by atoms with Gasteiger partial charge < -0.3 is 0 Å². The first-order chi connectivity index (χ1) is 7.92. The van der Waals surface area contributed by atoms with E-state index in [1.54, 1.807) is 4.68 Å². The summed E-state index contributed by atoms with van der Waals surface area (Å²) in [6, 6.07) is 9.51. The number of rotatable bonds is 4. The van der Waals surface area contributed by atoms with Gasteiger partial charge in [-0.1, -0.05) is 35.1 Å². The summed E-state index contributed by atoms with van der Waals surface area (Å²) in [4.78, 5) is 2.66. The molecule has 0 saturated heterocycles. The van der Waals surface area contributed by atoms with Gasteiger partial charge in [0.2, 0.25) is 5.16 Å². The summed E-state index contributed by atoms with van der Waals surface area (Å²) in [5, 5.41) is 15.3. The second-order valence-electron chi connectivity index (χ2n) is 2.71. The third-order valence-electron chi connectivity index (χ3n) is 1.76. The number of tetrazole rings is 1. The molecular formula is C8H7N7S. The summed E-state index contributed by atoms with van der Waals surface area (Å²) in [5.74, 6) is 0.268. The van der Waals surface area contributed by atoms with E-state index in [1.807, 2.05) is 30.3 Å². The number of aromatic nitrogens is 4. The molecule has 0 fully saturated rings. The lowest BCUT2D eigenvalue weighted by Gasteiger charge is -2.01. The zero-order valence-electron chi connectivity index (χ0n) is 8.13. The highest BCUT2D eigenvalue weighted by Crippen LogP contribution is 2.17. The fourth-order valence-corrected chi connectivity index (χ4v) is 1.70. The normalized spacial score (nSPS) is 9.75. The first kappa shape index (κ1) is 10.5. The lowest BCUT2D eigenvalue weighted by Crippen LogP contribution is -1.98. The summed E-state index contributed by atoms with van der Waals surface area (Å²) in [6.45, 7) is 0. The summed E-state index contributed by atoms with van der Waals surface area (Å²) >= 11 is 1.28. The number of para-hydroxylation sites is 1. The molecule has 1 aromatic carbocycles. The van der Waals surface area contributed by atoms with Crippen molar-refractivity contribution >= 4 is 11.8 Å². The maximum Gasteiger partial charge on any atom is 0.214 e. The molecule has 0 spiro atoms. The molecule has 0 radical (unpaired) electrons. The Kier molecular flexibility index (Phi) is 3.37. The molecule has 7 nitrogen and oxygen atoms in total. The smallest absolute Gasteiger partial charge is 0.188 e. The van der Waals surface area contributed by atoms with Crippen molar-refractivity contribution in [3.8, 4) is 5.69 Å². The molecule has 8 heteroatoms. The Morgan fingerprint density at radius 2 is 2.19 bits per heavy atom. The molecule has 2 rings (SSSR count). The minimum absolute atomic E-state index is 0.268. The van der Waals surface area contributed by atoms with Crippen molar-refractivity contribution in [3.05, 3.63) is 40.8 Å². The quantitative estimate of drug-likeness (QED) is 0.349. The SMILES string of the molecule is [N-]=[N+]=NCSc1nnnn1-c1ccccc1. The van der Waals surface area contributed by atoms with Crippen molar-refractivity contribution in [1.82, 2.24) is 20.2 Å². The van der Waals surface area contributed by atoms with Crippen molar-refractivity contribution in [1.29, 1.82) is 0 Å². The number of thioether (sulfide) groups is 1. The van der Waals surface area contributed by atoms with Gasteiger partial charge in [-0.05, 0) is 28.1 Å². The van der Waals surface area contributed by atoms with Crippen LogP contribution in [-0.4, -0.2) is 26.1 Å². The summed E-state index contributed by atoms with van der Waals surface area (Å²) in [5.41, 5.74) is 9.04. The Labute approximate surface area is 95.1 Å². The van der Waals surface area contributed by atoms with Gasteiger partial charge in [0.15, 0.2) is 0 Å². The highest BCUT2D eigenvalue weighted by Gasteiger charge is 2.07. The van der Waals surface area contributed by atoms with Gasteiger partial charge in [-0.15, -0.1) is 5.10 Å². The maximum atomic E-state index is 8.17. The van der Waals surface area contributed by atoms with Crippen LogP contribution in [0.1, 0.15) is 0 Å². The Bertz CT molecular complexity index is 502. The van der Waals surface area contributed by atoms with Crippen LogP contribution in [0.5, 0.6) is 0 Å². The molecule has 2 aromatic rings. The molecule has 0 unspecified atom stereocenters. The van der Waals surface area contributed by atoms with Crippen LogP contribution in [0.4, 0.5) is 0 Å². The highest BCUT2D eigenvalue weighted by atomic mass is 32.2. The second kappa shape index (κ2) is 5.15. The van der Waals surface area contributed by atoms with E-state index in [9.17, 15) is 0 Å². The van der Waals surface area contributed by atoms with Gasteiger partial charge >= 0.3 is 0 Å². The molecule has 1 aromatic heterocycles. The van der Waals surface area contributed by atoms with Crippen molar-refractivity contribution in [2.45, 2.75) is 5.16 Å². The molecular weight excluding hydrogens is 226 g/mol. The van der Waals surface area contributed by atoms with E-state index in [0.717, 1.165) is 5.69 Å². The van der Waals surface area contributed by atoms with Crippen LogP contribution < -0.4 is 0 Å². The molecule has 0 saturated carbocycles. The van der Waals surface area contributed by atoms with Crippen LogP contribution in [0.2, 0.25) is 0 Å². The molecule has 0 bridgehead atoms. The number of azide groups is 1. The van der Waals surface area contributed by atoms with E-state index in [4.69, 9.17) is 5.53 Å². The predicted octanol–water partition coefficient (Wildman–Crippen LogP) is 2.02. The van der Waals surface area contributed by atoms with Gasteiger partial charge in [-0.2, -0.15) is 4.68 Å². The van der Waals surface area contributed by atoms with Crippen molar-refractivity contribution in [2.75, 3.05) is 5.88 Å². The molecule has 0 aliphatic carbocycles. The zero-order chi connectivity index (χ0) is 11.2. The van der Waals surface area contributed by atoms with Crippen molar-refractivity contribution < 1.29 is 0 Å². The summed E-state index contributed by atoms with van der Waals surface area (Å²) in [6.07, 6.45) is 0. The first-order valence-corrected chi connectivity index (χ1v) is 5.38. The lowest BCUT2D eigenvalue weighted by molar-refractivity contribution is 0.756. The summed E-state index contributed by atoms with van der Waals surface area (Å²) < 4.78 is 1.59. The highest BCUT2D eigenvalue weighted by molar-refractivity contribution is 7.99. The largest absolute Gasteiger partial charge is 0.214 e. The van der Waals surface area contributed by atoms with E-state index in [1.165, 1.54) is 11.8 Å². The Balaban J connectivity index is 2.22. The molecule has 80 valence electrons. The predicted molar refractivity (Wildman–Crippen MR) is 59.0 cm³/mol. The van der Waals surface area contributed by atoms with Gasteiger partial charge in [-0.25, -0.2) is 0 Å². The number of hydrogen-bond acceptors (Lipinski definition) is 5. The van der Waals surface area contributed by atoms with E-state index in [0.29, 0.717) is 5.16 Å². The molecule has 1 heterocycles. The zero-order valence-corrected chi connectivity index (χ0v) is 8.95. The van der Waals surface area contributed by atoms with Gasteiger partial charge in [0.25, 0.3) is 0 Å². The fraction of sp³-hybridized carbons (Fsp3) is 0.125. The van der Waals surface area contributed by atoms with E-state index in [-0.39, 0.29) is 5.88 Å². The van der Waals surface area contributed by atoms with Gasteiger partial charge in [-0.3, -0.25) is 0 Å². The molecule has 0 N–H and O–H groups in total. The Hall–Kier alpha value is -2.05. The molecule has 16 heavy (non-hydrogen) atoms. The second-order valence-corrected chi connectivity index (χ2v) is 3.63. The number of benzene rings is 1. The van der Waals surface area contributed by atoms with Crippen LogP contribution in [0, 0.1) is 0 Å². The van der Waals surface area contributed by atoms with E-state index >= 15 is 0 Å². The van der Waals surface area contributed by atoms with Gasteiger partial charge in [0.05, 0.1) is 11.6 Å². The van der Waals surface area contributed by atoms with Crippen LogP contribution in [0.15, 0.2) is 40.6 Å². The topological polar surface area (TPSA) is 92.4 Å². The molecule has 0 amide bonds. The van der Waals surface area contributed by atoms with Crippen molar-refractivity contribution in [3.63, 3.8) is 0 Å². The van der Waals surface area contributed by atoms with Crippen molar-refractivity contribution in [2.24, 2.45) is 5.11 Å². The first-order valence-electron chi connectivity index (χ1n) is 4.39. The van der Waals surface area contributed by atoms with Gasteiger partial charge in [0.1, 0.15) is 0 Å². The minimum atomic E-state index is 0.268. The monoisotopic (exact) mass is 233 g/mol. The average molecular weight is 233 g/mol. The number of hydrogen-bond donors (Lipinski definition) is 0. The standard InChI is InChI=1S/C8H7N7S/c9-12-10-6-16-8-11-13-14-15(8)7-4-2-1-3-5-7/h1-5H,6H2. The van der Waals surface area contributed by atoms with E-state index in [2.05, 4.69) is 25.6 Å². The molecule has 0 aliphatic rings. The van der Waals surface area contributed by atoms with Crippen LogP contribution in [0.3, 0.4) is 0 Å². The minimum Gasteiger partial charge on any atom is -0.188 e. The average Bonchev–Trinajstić information content (AvgIpc) is 2.79. The molecule has 0 atom stereocenters.